The first kappa shape index (κ1) is 18.3. The molecule has 0 aromatic heterocycles. The summed E-state index contributed by atoms with van der Waals surface area (Å²) in [4.78, 5) is 2.50. The molecule has 0 amide bonds. The molecule has 2 N–H and O–H groups in total. The monoisotopic (exact) mass is 318 g/mol. The summed E-state index contributed by atoms with van der Waals surface area (Å²) in [7, 11) is 0. The molecule has 0 radical (unpaired) electrons. The van der Waals surface area contributed by atoms with Gasteiger partial charge in [-0.05, 0) is 77.5 Å². The molecule has 3 heteroatoms. The van der Waals surface area contributed by atoms with Crippen LogP contribution in [0.4, 0.5) is 5.69 Å². The van der Waals surface area contributed by atoms with Crippen LogP contribution in [0.2, 0.25) is 0 Å². The Morgan fingerprint density at radius 3 is 2.61 bits per heavy atom. The summed E-state index contributed by atoms with van der Waals surface area (Å²) in [6.45, 7) is 10.5. The second kappa shape index (κ2) is 8.16. The second-order valence-corrected chi connectivity index (χ2v) is 7.87. The van der Waals surface area contributed by atoms with Gasteiger partial charge in [0.25, 0.3) is 0 Å². The van der Waals surface area contributed by atoms with Crippen LogP contribution in [0.1, 0.15) is 58.4 Å². The topological polar surface area (TPSA) is 35.5 Å². The summed E-state index contributed by atoms with van der Waals surface area (Å²) < 4.78 is 0. The van der Waals surface area contributed by atoms with Crippen molar-refractivity contribution in [2.75, 3.05) is 18.0 Å². The molecule has 1 unspecified atom stereocenters. The minimum atomic E-state index is -0.529. The van der Waals surface area contributed by atoms with Crippen molar-refractivity contribution < 1.29 is 5.11 Å². The Morgan fingerprint density at radius 1 is 1.30 bits per heavy atom. The molecule has 1 aliphatic heterocycles. The fraction of sp³-hybridized carbons (Fsp3) is 0.700. The van der Waals surface area contributed by atoms with Crippen molar-refractivity contribution in [3.8, 4) is 0 Å². The molecule has 1 aliphatic rings. The van der Waals surface area contributed by atoms with Crippen LogP contribution in [0.15, 0.2) is 24.3 Å². The van der Waals surface area contributed by atoms with Crippen LogP contribution in [0.25, 0.3) is 0 Å². The van der Waals surface area contributed by atoms with E-state index in [9.17, 15) is 5.11 Å². The van der Waals surface area contributed by atoms with Gasteiger partial charge in [0.1, 0.15) is 0 Å². The molecule has 0 spiro atoms. The van der Waals surface area contributed by atoms with E-state index in [-0.39, 0.29) is 0 Å². The van der Waals surface area contributed by atoms with Gasteiger partial charge in [-0.25, -0.2) is 0 Å². The number of aryl methyl sites for hydroxylation is 1. The Morgan fingerprint density at radius 2 is 2.00 bits per heavy atom. The normalized spacial score (nSPS) is 18.2. The van der Waals surface area contributed by atoms with Gasteiger partial charge < -0.3 is 15.3 Å². The number of hydrogen-bond acceptors (Lipinski definition) is 3. The summed E-state index contributed by atoms with van der Waals surface area (Å²) in [5, 5.41) is 13.6. The lowest BCUT2D eigenvalue weighted by Gasteiger charge is -2.35. The average Bonchev–Trinajstić information content (AvgIpc) is 2.46. The van der Waals surface area contributed by atoms with E-state index in [2.05, 4.69) is 48.3 Å². The zero-order valence-electron chi connectivity index (χ0n) is 15.3. The highest BCUT2D eigenvalue weighted by Crippen LogP contribution is 2.21. The predicted molar refractivity (Wildman–Crippen MR) is 99.2 cm³/mol. The number of hydrogen-bond donors (Lipinski definition) is 2. The van der Waals surface area contributed by atoms with Crippen LogP contribution in [-0.2, 0) is 0 Å². The van der Waals surface area contributed by atoms with E-state index < -0.39 is 5.60 Å². The Kier molecular flexibility index (Phi) is 6.49. The molecule has 1 atom stereocenters. The third-order valence-corrected chi connectivity index (χ3v) is 4.81. The van der Waals surface area contributed by atoms with Gasteiger partial charge in [0.15, 0.2) is 0 Å². The highest BCUT2D eigenvalue weighted by atomic mass is 16.3. The Hall–Kier alpha value is -1.06. The number of aliphatic hydroxyl groups is 1. The predicted octanol–water partition coefficient (Wildman–Crippen LogP) is 3.88. The molecule has 3 nitrogen and oxygen atoms in total. The molecule has 1 fully saturated rings. The molecule has 0 aliphatic carbocycles. The zero-order chi connectivity index (χ0) is 16.9. The van der Waals surface area contributed by atoms with E-state index >= 15 is 0 Å². The third kappa shape index (κ3) is 6.52. The van der Waals surface area contributed by atoms with Gasteiger partial charge in [0.05, 0.1) is 5.60 Å². The molecule has 1 saturated heterocycles. The number of anilines is 1. The van der Waals surface area contributed by atoms with E-state index in [1.165, 1.54) is 24.1 Å². The molecular formula is C20H34N2O. The third-order valence-electron chi connectivity index (χ3n) is 4.81. The van der Waals surface area contributed by atoms with E-state index in [1.54, 1.807) is 0 Å². The molecular weight excluding hydrogens is 284 g/mol. The zero-order valence-corrected chi connectivity index (χ0v) is 15.3. The first-order chi connectivity index (χ1) is 10.8. The number of piperidine rings is 1. The summed E-state index contributed by atoms with van der Waals surface area (Å²) in [5.74, 6) is 0. The quantitative estimate of drug-likeness (QED) is 0.801. The molecule has 23 heavy (non-hydrogen) atoms. The van der Waals surface area contributed by atoms with Crippen LogP contribution in [-0.4, -0.2) is 35.9 Å². The number of nitrogens with one attached hydrogen (secondary N) is 1. The van der Waals surface area contributed by atoms with Crippen molar-refractivity contribution in [1.82, 2.24) is 5.32 Å². The Balaban J connectivity index is 1.70. The van der Waals surface area contributed by atoms with Crippen molar-refractivity contribution in [1.29, 1.82) is 0 Å². The minimum absolute atomic E-state index is 0.529. The molecule has 1 aromatic rings. The van der Waals surface area contributed by atoms with Crippen molar-refractivity contribution >= 4 is 5.69 Å². The molecule has 130 valence electrons. The van der Waals surface area contributed by atoms with Crippen LogP contribution in [0.3, 0.4) is 0 Å². The van der Waals surface area contributed by atoms with Crippen LogP contribution >= 0.6 is 0 Å². The van der Waals surface area contributed by atoms with E-state index in [0.717, 1.165) is 32.4 Å². The van der Waals surface area contributed by atoms with Crippen LogP contribution < -0.4 is 10.2 Å². The molecule has 2 rings (SSSR count). The lowest BCUT2D eigenvalue weighted by atomic mass is 9.98. The van der Waals surface area contributed by atoms with Gasteiger partial charge in [0, 0.05) is 30.9 Å². The van der Waals surface area contributed by atoms with Gasteiger partial charge in [-0.2, -0.15) is 0 Å². The van der Waals surface area contributed by atoms with Gasteiger partial charge in [0.2, 0.25) is 0 Å². The fourth-order valence-electron chi connectivity index (χ4n) is 3.46. The molecule has 0 bridgehead atoms. The standard InChI is InChI=1S/C20H34N2O/c1-16-7-5-9-19(15-16)22-13-10-18(11-14-22)21-17(2)8-6-12-20(3,4)23/h5,7,9,15,17-18,21,23H,6,8,10-14H2,1-4H3. The summed E-state index contributed by atoms with van der Waals surface area (Å²) in [5.41, 5.74) is 2.17. The summed E-state index contributed by atoms with van der Waals surface area (Å²) in [6.07, 6.45) is 5.53. The average molecular weight is 319 g/mol. The van der Waals surface area contributed by atoms with Gasteiger partial charge in [-0.15, -0.1) is 0 Å². The Bertz CT molecular complexity index is 473. The maximum absolute atomic E-state index is 9.78. The SMILES string of the molecule is Cc1cccc(N2CCC(NC(C)CCCC(C)(C)O)CC2)c1. The van der Waals surface area contributed by atoms with Crippen LogP contribution in [0, 0.1) is 6.92 Å². The first-order valence-corrected chi connectivity index (χ1v) is 9.13. The second-order valence-electron chi connectivity index (χ2n) is 7.87. The van der Waals surface area contributed by atoms with E-state index in [1.807, 2.05) is 13.8 Å². The minimum Gasteiger partial charge on any atom is -0.390 e. The lowest BCUT2D eigenvalue weighted by molar-refractivity contribution is 0.0673. The van der Waals surface area contributed by atoms with Crippen molar-refractivity contribution in [2.45, 2.75) is 77.5 Å². The first-order valence-electron chi connectivity index (χ1n) is 9.13. The van der Waals surface area contributed by atoms with Gasteiger partial charge in [-0.3, -0.25) is 0 Å². The largest absolute Gasteiger partial charge is 0.390 e. The smallest absolute Gasteiger partial charge is 0.0591 e. The van der Waals surface area contributed by atoms with E-state index in [0.29, 0.717) is 12.1 Å². The van der Waals surface area contributed by atoms with Crippen molar-refractivity contribution in [3.63, 3.8) is 0 Å². The molecule has 0 saturated carbocycles. The maximum Gasteiger partial charge on any atom is 0.0591 e. The molecule has 1 aromatic carbocycles. The van der Waals surface area contributed by atoms with Gasteiger partial charge >= 0.3 is 0 Å². The Labute approximate surface area is 142 Å². The van der Waals surface area contributed by atoms with Crippen molar-refractivity contribution in [2.24, 2.45) is 0 Å². The summed E-state index contributed by atoms with van der Waals surface area (Å²) >= 11 is 0. The van der Waals surface area contributed by atoms with Crippen molar-refractivity contribution in [3.05, 3.63) is 29.8 Å². The van der Waals surface area contributed by atoms with Crippen LogP contribution in [0.5, 0.6) is 0 Å². The number of rotatable bonds is 7. The van der Waals surface area contributed by atoms with E-state index in [4.69, 9.17) is 0 Å². The fourth-order valence-corrected chi connectivity index (χ4v) is 3.46. The number of nitrogens with zero attached hydrogens (tertiary/aromatic N) is 1. The summed E-state index contributed by atoms with van der Waals surface area (Å²) in [6, 6.07) is 9.99. The highest BCUT2D eigenvalue weighted by molar-refractivity contribution is 5.48. The number of benzene rings is 1. The maximum atomic E-state index is 9.78. The molecule has 1 heterocycles. The lowest BCUT2D eigenvalue weighted by Crippen LogP contribution is -2.45. The highest BCUT2D eigenvalue weighted by Gasteiger charge is 2.21. The van der Waals surface area contributed by atoms with Gasteiger partial charge in [-0.1, -0.05) is 12.1 Å².